The van der Waals surface area contributed by atoms with Crippen LogP contribution >= 0.6 is 22.9 Å². The van der Waals surface area contributed by atoms with Gasteiger partial charge in [0, 0.05) is 18.0 Å². The van der Waals surface area contributed by atoms with E-state index in [0.717, 1.165) is 16.7 Å². The van der Waals surface area contributed by atoms with Crippen LogP contribution in [-0.4, -0.2) is 11.3 Å². The topological polar surface area (TPSA) is 58.6 Å². The van der Waals surface area contributed by atoms with Crippen LogP contribution < -0.4 is 5.73 Å². The van der Waals surface area contributed by atoms with Crippen molar-refractivity contribution in [3.63, 3.8) is 0 Å². The summed E-state index contributed by atoms with van der Waals surface area (Å²) in [5, 5.41) is 8.86. The van der Waals surface area contributed by atoms with Crippen LogP contribution in [0.25, 0.3) is 5.57 Å². The van der Waals surface area contributed by atoms with Crippen LogP contribution in [0.15, 0.2) is 33.7 Å². The van der Waals surface area contributed by atoms with E-state index in [1.807, 2.05) is 47.1 Å². The molecule has 0 heterocycles. The lowest BCUT2D eigenvalue weighted by Crippen LogP contribution is -1.91. The van der Waals surface area contributed by atoms with Gasteiger partial charge < -0.3 is 10.8 Å². The third-order valence-corrected chi connectivity index (χ3v) is 2.12. The molecular formula is C10H11IN2O. The lowest BCUT2D eigenvalue weighted by atomic mass is 10.1. The number of nitrogens with two attached hydrogens (primary N) is 1. The van der Waals surface area contributed by atoms with Crippen LogP contribution in [-0.2, 0) is 6.61 Å². The molecule has 1 aromatic rings. The number of rotatable bonds is 3. The highest BCUT2D eigenvalue weighted by Crippen LogP contribution is 2.13. The Morgan fingerprint density at radius 1 is 1.43 bits per heavy atom. The van der Waals surface area contributed by atoms with Gasteiger partial charge in [0.2, 0.25) is 0 Å². The molecular weight excluding hydrogens is 291 g/mol. The molecule has 0 amide bonds. The third kappa shape index (κ3) is 2.81. The fourth-order valence-corrected chi connectivity index (χ4v) is 1.37. The van der Waals surface area contributed by atoms with Gasteiger partial charge in [0.1, 0.15) is 0 Å². The first kappa shape index (κ1) is 11.2. The Labute approximate surface area is 96.8 Å². The van der Waals surface area contributed by atoms with E-state index in [0.29, 0.717) is 0 Å². The summed E-state index contributed by atoms with van der Waals surface area (Å²) in [4.78, 5) is 0. The summed E-state index contributed by atoms with van der Waals surface area (Å²) in [6, 6.07) is 7.53. The van der Waals surface area contributed by atoms with Gasteiger partial charge in [0.05, 0.1) is 29.5 Å². The molecule has 0 unspecified atom stereocenters. The molecule has 0 spiro atoms. The number of allylic oxidation sites excluding steroid dienone is 1. The summed E-state index contributed by atoms with van der Waals surface area (Å²) in [7, 11) is 0. The van der Waals surface area contributed by atoms with Crippen molar-refractivity contribution in [2.24, 2.45) is 8.94 Å². The Morgan fingerprint density at radius 3 is 2.50 bits per heavy atom. The fraction of sp³-hybridized carbons (Fsp3) is 0.100. The van der Waals surface area contributed by atoms with Crippen LogP contribution in [0.1, 0.15) is 11.1 Å². The molecule has 0 aliphatic rings. The summed E-state index contributed by atoms with van der Waals surface area (Å²) < 4.78 is 3.87. The van der Waals surface area contributed by atoms with Crippen LogP contribution in [0.4, 0.5) is 0 Å². The number of halogens is 1. The van der Waals surface area contributed by atoms with E-state index >= 15 is 0 Å². The molecule has 1 rings (SSSR count). The SMILES string of the molecule is NC=C(C=NI)c1ccc(CO)cc1. The summed E-state index contributed by atoms with van der Waals surface area (Å²) in [5.74, 6) is 0. The quantitative estimate of drug-likeness (QED) is 0.662. The molecule has 0 aliphatic heterocycles. The number of nitrogens with zero attached hydrogens (tertiary/aromatic N) is 1. The van der Waals surface area contributed by atoms with Gasteiger partial charge in [0.15, 0.2) is 0 Å². The molecule has 1 aromatic carbocycles. The second-order valence-electron chi connectivity index (χ2n) is 2.70. The van der Waals surface area contributed by atoms with Crippen molar-refractivity contribution in [1.82, 2.24) is 0 Å². The first-order chi connectivity index (χ1) is 6.81. The second kappa shape index (κ2) is 5.77. The summed E-state index contributed by atoms with van der Waals surface area (Å²) in [5.41, 5.74) is 8.20. The maximum Gasteiger partial charge on any atom is 0.0831 e. The molecule has 0 saturated heterocycles. The normalized spacial score (nSPS) is 12.3. The van der Waals surface area contributed by atoms with Gasteiger partial charge >= 0.3 is 0 Å². The first-order valence-corrected chi connectivity index (χ1v) is 5.04. The summed E-state index contributed by atoms with van der Waals surface area (Å²) in [6.45, 7) is 0.0579. The lowest BCUT2D eigenvalue weighted by Gasteiger charge is -2.01. The van der Waals surface area contributed by atoms with Crippen molar-refractivity contribution >= 4 is 34.7 Å². The van der Waals surface area contributed by atoms with Gasteiger partial charge in [-0.2, -0.15) is 0 Å². The second-order valence-corrected chi connectivity index (χ2v) is 3.26. The van der Waals surface area contributed by atoms with Crippen molar-refractivity contribution in [2.75, 3.05) is 0 Å². The van der Waals surface area contributed by atoms with E-state index in [4.69, 9.17) is 10.8 Å². The molecule has 0 aliphatic carbocycles. The first-order valence-electron chi connectivity index (χ1n) is 4.08. The van der Waals surface area contributed by atoms with Gasteiger partial charge in [-0.05, 0) is 11.1 Å². The fourth-order valence-electron chi connectivity index (χ4n) is 1.07. The summed E-state index contributed by atoms with van der Waals surface area (Å²) >= 11 is 1.90. The molecule has 74 valence electrons. The lowest BCUT2D eigenvalue weighted by molar-refractivity contribution is 0.282. The van der Waals surface area contributed by atoms with Crippen molar-refractivity contribution in [3.8, 4) is 0 Å². The predicted octanol–water partition coefficient (Wildman–Crippen LogP) is 1.90. The smallest absolute Gasteiger partial charge is 0.0831 e. The zero-order valence-electron chi connectivity index (χ0n) is 7.52. The van der Waals surface area contributed by atoms with E-state index in [1.54, 1.807) is 6.21 Å². The third-order valence-electron chi connectivity index (χ3n) is 1.84. The van der Waals surface area contributed by atoms with Gasteiger partial charge in [-0.25, -0.2) is 3.21 Å². The molecule has 0 saturated carbocycles. The maximum absolute atomic E-state index is 8.86. The average molecular weight is 302 g/mol. The van der Waals surface area contributed by atoms with Gasteiger partial charge in [-0.15, -0.1) is 0 Å². The van der Waals surface area contributed by atoms with Gasteiger partial charge in [-0.1, -0.05) is 24.3 Å². The monoisotopic (exact) mass is 302 g/mol. The van der Waals surface area contributed by atoms with Crippen molar-refractivity contribution < 1.29 is 5.11 Å². The minimum Gasteiger partial charge on any atom is -0.404 e. The Bertz CT molecular complexity index is 344. The van der Waals surface area contributed by atoms with Gasteiger partial charge in [-0.3, -0.25) is 0 Å². The van der Waals surface area contributed by atoms with Crippen molar-refractivity contribution in [3.05, 3.63) is 41.6 Å². The molecule has 0 bridgehead atoms. The minimum absolute atomic E-state index is 0.0579. The highest BCUT2D eigenvalue weighted by Gasteiger charge is 1.97. The van der Waals surface area contributed by atoms with Crippen LogP contribution in [0.3, 0.4) is 0 Å². The number of hydrogen-bond donors (Lipinski definition) is 2. The number of hydrogen-bond acceptors (Lipinski definition) is 3. The molecule has 3 N–H and O–H groups in total. The Balaban J connectivity index is 2.96. The van der Waals surface area contributed by atoms with Crippen LogP contribution in [0, 0.1) is 0 Å². The average Bonchev–Trinajstić information content (AvgIpc) is 2.26. The maximum atomic E-state index is 8.86. The van der Waals surface area contributed by atoms with E-state index in [9.17, 15) is 0 Å². The minimum atomic E-state index is 0.0579. The molecule has 0 radical (unpaired) electrons. The molecule has 0 aromatic heterocycles. The van der Waals surface area contributed by atoms with E-state index in [1.165, 1.54) is 6.20 Å². The highest BCUT2D eigenvalue weighted by atomic mass is 127. The Hall–Kier alpha value is -0.880. The van der Waals surface area contributed by atoms with Crippen LogP contribution in [0.5, 0.6) is 0 Å². The van der Waals surface area contributed by atoms with E-state index < -0.39 is 0 Å². The standard InChI is InChI=1S/C10H11IN2O/c11-13-6-10(5-12)9-3-1-8(7-14)2-4-9/h1-6,14H,7,12H2. The highest BCUT2D eigenvalue weighted by molar-refractivity contribution is 14.1. The van der Waals surface area contributed by atoms with Gasteiger partial charge in [0.25, 0.3) is 0 Å². The number of aliphatic hydroxyl groups is 1. The van der Waals surface area contributed by atoms with E-state index in [2.05, 4.69) is 3.21 Å². The summed E-state index contributed by atoms with van der Waals surface area (Å²) in [6.07, 6.45) is 3.20. The predicted molar refractivity (Wildman–Crippen MR) is 67.0 cm³/mol. The zero-order chi connectivity index (χ0) is 10.4. The van der Waals surface area contributed by atoms with Crippen molar-refractivity contribution in [2.45, 2.75) is 6.61 Å². The molecule has 0 atom stereocenters. The zero-order valence-corrected chi connectivity index (χ0v) is 9.68. The molecule has 14 heavy (non-hydrogen) atoms. The Morgan fingerprint density at radius 2 is 2.07 bits per heavy atom. The number of benzene rings is 1. The van der Waals surface area contributed by atoms with E-state index in [-0.39, 0.29) is 6.61 Å². The molecule has 4 heteroatoms. The molecule has 0 fully saturated rings. The largest absolute Gasteiger partial charge is 0.404 e. The molecule has 3 nitrogen and oxygen atoms in total. The van der Waals surface area contributed by atoms with Crippen molar-refractivity contribution in [1.29, 1.82) is 0 Å². The number of aliphatic hydroxyl groups excluding tert-OH is 1. The van der Waals surface area contributed by atoms with Crippen LogP contribution in [0.2, 0.25) is 0 Å². The Kier molecular flexibility index (Phi) is 4.61.